The molecule has 9 nitrogen and oxygen atoms in total. The second-order valence-corrected chi connectivity index (χ2v) is 6.67. The molecule has 4 amide bonds. The van der Waals surface area contributed by atoms with E-state index < -0.39 is 23.6 Å². The molecule has 0 bridgehead atoms. The smallest absolute Gasteiger partial charge is 0.261 e. The summed E-state index contributed by atoms with van der Waals surface area (Å²) in [5.41, 5.74) is 2.68. The number of carbonyl (C=O) groups is 4. The Morgan fingerprint density at radius 1 is 1.17 bits per heavy atom. The predicted octanol–water partition coefficient (Wildman–Crippen LogP) is 1.19. The first-order valence-electron chi connectivity index (χ1n) is 8.94. The second kappa shape index (κ2) is 7.70. The first kappa shape index (κ1) is 20.0. The van der Waals surface area contributed by atoms with E-state index in [9.17, 15) is 19.2 Å². The first-order valence-corrected chi connectivity index (χ1v) is 8.94. The van der Waals surface area contributed by atoms with Crippen molar-refractivity contribution in [2.45, 2.75) is 13.8 Å². The van der Waals surface area contributed by atoms with E-state index in [1.807, 2.05) is 6.92 Å². The van der Waals surface area contributed by atoms with Gasteiger partial charge in [0.25, 0.3) is 17.7 Å². The molecule has 0 aliphatic carbocycles. The van der Waals surface area contributed by atoms with Gasteiger partial charge >= 0.3 is 0 Å². The number of aromatic nitrogens is 2. The van der Waals surface area contributed by atoms with Crippen LogP contribution in [-0.2, 0) is 11.8 Å². The third kappa shape index (κ3) is 3.66. The van der Waals surface area contributed by atoms with Crippen LogP contribution >= 0.6 is 0 Å². The van der Waals surface area contributed by atoms with Crippen molar-refractivity contribution >= 4 is 29.3 Å². The van der Waals surface area contributed by atoms with Crippen molar-refractivity contribution in [3.8, 4) is 0 Å². The molecule has 2 heterocycles. The van der Waals surface area contributed by atoms with Crippen molar-refractivity contribution in [1.29, 1.82) is 0 Å². The van der Waals surface area contributed by atoms with Crippen LogP contribution in [-0.4, -0.2) is 51.4 Å². The van der Waals surface area contributed by atoms with Gasteiger partial charge in [0.1, 0.15) is 0 Å². The number of imide groups is 1. The number of benzene rings is 1. The van der Waals surface area contributed by atoms with Gasteiger partial charge in [0.2, 0.25) is 5.91 Å². The lowest BCUT2D eigenvalue weighted by atomic mass is 10.1. The largest absolute Gasteiger partial charge is 0.343 e. The molecule has 0 fully saturated rings. The van der Waals surface area contributed by atoms with Gasteiger partial charge in [-0.15, -0.1) is 6.58 Å². The van der Waals surface area contributed by atoms with Crippen molar-refractivity contribution < 1.29 is 19.2 Å². The molecule has 0 saturated heterocycles. The summed E-state index contributed by atoms with van der Waals surface area (Å²) in [6, 6.07) is 4.25. The van der Waals surface area contributed by atoms with Crippen LogP contribution in [0.3, 0.4) is 0 Å². The minimum Gasteiger partial charge on any atom is -0.343 e. The highest BCUT2D eigenvalue weighted by Crippen LogP contribution is 2.24. The monoisotopic (exact) mass is 395 g/mol. The van der Waals surface area contributed by atoms with Crippen molar-refractivity contribution in [2.75, 3.05) is 18.4 Å². The van der Waals surface area contributed by atoms with E-state index in [1.54, 1.807) is 18.7 Å². The fourth-order valence-electron chi connectivity index (χ4n) is 3.13. The third-order valence-corrected chi connectivity index (χ3v) is 4.73. The highest BCUT2D eigenvalue weighted by Gasteiger charge is 2.35. The Morgan fingerprint density at radius 3 is 2.48 bits per heavy atom. The van der Waals surface area contributed by atoms with Crippen LogP contribution in [0.25, 0.3) is 0 Å². The van der Waals surface area contributed by atoms with E-state index in [0.29, 0.717) is 11.4 Å². The molecule has 3 rings (SSSR count). The summed E-state index contributed by atoms with van der Waals surface area (Å²) < 4.78 is 1.65. The van der Waals surface area contributed by atoms with E-state index in [1.165, 1.54) is 24.3 Å². The van der Waals surface area contributed by atoms with Crippen molar-refractivity contribution in [1.82, 2.24) is 20.0 Å². The number of rotatable bonds is 6. The summed E-state index contributed by atoms with van der Waals surface area (Å²) in [7, 11) is 1.77. The van der Waals surface area contributed by atoms with E-state index in [0.717, 1.165) is 10.6 Å². The Bertz CT molecular complexity index is 1050. The fourth-order valence-corrected chi connectivity index (χ4v) is 3.13. The molecule has 0 spiro atoms. The van der Waals surface area contributed by atoms with Crippen molar-refractivity contribution in [3.05, 3.63) is 58.9 Å². The molecule has 9 heteroatoms. The average Bonchev–Trinajstić information content (AvgIpc) is 3.08. The Balaban J connectivity index is 1.66. The molecule has 29 heavy (non-hydrogen) atoms. The Kier molecular flexibility index (Phi) is 5.31. The zero-order valence-electron chi connectivity index (χ0n) is 16.4. The Hall–Kier alpha value is -3.75. The maximum atomic E-state index is 12.4. The number of aryl methyl sites for hydroxylation is 2. The van der Waals surface area contributed by atoms with Crippen LogP contribution in [0, 0.1) is 13.8 Å². The van der Waals surface area contributed by atoms with E-state index >= 15 is 0 Å². The van der Waals surface area contributed by atoms with Crippen LogP contribution in [0.2, 0.25) is 0 Å². The molecule has 1 aromatic carbocycles. The fraction of sp³-hybridized carbons (Fsp3) is 0.250. The predicted molar refractivity (Wildman–Crippen MR) is 106 cm³/mol. The van der Waals surface area contributed by atoms with Gasteiger partial charge in [-0.2, -0.15) is 5.10 Å². The molecule has 1 aromatic heterocycles. The van der Waals surface area contributed by atoms with Gasteiger partial charge in [0.15, 0.2) is 0 Å². The molecule has 1 aliphatic heterocycles. The maximum absolute atomic E-state index is 12.4. The first-order chi connectivity index (χ1) is 13.7. The summed E-state index contributed by atoms with van der Waals surface area (Å²) in [5.74, 6) is -1.81. The van der Waals surface area contributed by atoms with Crippen LogP contribution in [0.4, 0.5) is 5.69 Å². The lowest BCUT2D eigenvalue weighted by Gasteiger charge is -2.09. The third-order valence-electron chi connectivity index (χ3n) is 4.73. The summed E-state index contributed by atoms with van der Waals surface area (Å²) in [5, 5.41) is 9.46. The average molecular weight is 395 g/mol. The minimum absolute atomic E-state index is 0.0984. The quantitative estimate of drug-likeness (QED) is 0.563. The van der Waals surface area contributed by atoms with Gasteiger partial charge in [-0.1, -0.05) is 6.08 Å². The number of amides is 4. The number of hydrogen-bond donors (Lipinski definition) is 2. The summed E-state index contributed by atoms with van der Waals surface area (Å²) >= 11 is 0. The zero-order chi connectivity index (χ0) is 21.3. The van der Waals surface area contributed by atoms with Gasteiger partial charge in [-0.3, -0.25) is 28.8 Å². The van der Waals surface area contributed by atoms with Gasteiger partial charge in [-0.25, -0.2) is 0 Å². The summed E-state index contributed by atoms with van der Waals surface area (Å²) in [6.45, 7) is 6.98. The van der Waals surface area contributed by atoms with E-state index in [2.05, 4.69) is 22.3 Å². The summed E-state index contributed by atoms with van der Waals surface area (Å²) in [6.07, 6.45) is 1.46. The minimum atomic E-state index is -0.523. The number of fused-ring (bicyclic) bond motifs is 1. The molecule has 0 radical (unpaired) electrons. The number of carbonyl (C=O) groups excluding carboxylic acids is 4. The molecule has 1 aliphatic rings. The van der Waals surface area contributed by atoms with Crippen LogP contribution < -0.4 is 10.6 Å². The lowest BCUT2D eigenvalue weighted by Crippen LogP contribution is -2.33. The van der Waals surface area contributed by atoms with E-state index in [-0.39, 0.29) is 29.8 Å². The normalized spacial score (nSPS) is 12.7. The SMILES string of the molecule is C=CCN1C(=O)c2ccc(C(=O)NCC(=O)Nc3c(C)nn(C)c3C)cc2C1=O. The molecular formula is C20H21N5O4. The van der Waals surface area contributed by atoms with Crippen LogP contribution in [0.5, 0.6) is 0 Å². The lowest BCUT2D eigenvalue weighted by molar-refractivity contribution is -0.115. The van der Waals surface area contributed by atoms with Gasteiger partial charge in [0.05, 0.1) is 34.7 Å². The molecule has 0 unspecified atom stereocenters. The molecule has 2 N–H and O–H groups in total. The maximum Gasteiger partial charge on any atom is 0.261 e. The van der Waals surface area contributed by atoms with Gasteiger partial charge in [0, 0.05) is 19.2 Å². The zero-order valence-corrected chi connectivity index (χ0v) is 16.4. The highest BCUT2D eigenvalue weighted by atomic mass is 16.2. The van der Waals surface area contributed by atoms with Crippen LogP contribution in [0.1, 0.15) is 42.5 Å². The molecule has 2 aromatic rings. The van der Waals surface area contributed by atoms with Crippen molar-refractivity contribution in [3.63, 3.8) is 0 Å². The number of anilines is 1. The molecule has 0 atom stereocenters. The number of nitrogens with one attached hydrogen (secondary N) is 2. The van der Waals surface area contributed by atoms with Gasteiger partial charge in [-0.05, 0) is 32.0 Å². The highest BCUT2D eigenvalue weighted by molar-refractivity contribution is 6.22. The molecule has 150 valence electrons. The molecule has 0 saturated carbocycles. The Morgan fingerprint density at radius 2 is 1.86 bits per heavy atom. The van der Waals surface area contributed by atoms with E-state index in [4.69, 9.17) is 0 Å². The van der Waals surface area contributed by atoms with Crippen molar-refractivity contribution in [2.24, 2.45) is 7.05 Å². The van der Waals surface area contributed by atoms with Crippen LogP contribution in [0.15, 0.2) is 30.9 Å². The second-order valence-electron chi connectivity index (χ2n) is 6.67. The molecular weight excluding hydrogens is 374 g/mol. The Labute approximate surface area is 167 Å². The number of hydrogen-bond acceptors (Lipinski definition) is 5. The summed E-state index contributed by atoms with van der Waals surface area (Å²) in [4.78, 5) is 50.2. The standard InChI is InChI=1S/C20H21N5O4/c1-5-8-25-19(28)14-7-6-13(9-15(14)20(25)29)18(27)21-10-16(26)22-17-11(2)23-24(4)12(17)3/h5-7,9H,1,8,10H2,2-4H3,(H,21,27)(H,22,26). The topological polar surface area (TPSA) is 113 Å². The van der Waals surface area contributed by atoms with Gasteiger partial charge < -0.3 is 10.6 Å². The number of nitrogens with zero attached hydrogens (tertiary/aromatic N) is 3.